The van der Waals surface area contributed by atoms with Crippen molar-refractivity contribution < 1.29 is 27.4 Å². The molecule has 18 heavy (non-hydrogen) atoms. The number of carbonyl (C=O) groups excluding carboxylic acids is 1. The number of nitrogens with one attached hydrogen (secondary N) is 1. The molecule has 0 aliphatic rings. The van der Waals surface area contributed by atoms with Gasteiger partial charge in [0.05, 0.1) is 26.0 Å². The van der Waals surface area contributed by atoms with Gasteiger partial charge in [-0.1, -0.05) is 12.1 Å². The molecule has 0 radical (unpaired) electrons. The Kier molecular flexibility index (Phi) is 6.53. The van der Waals surface area contributed by atoms with Gasteiger partial charge in [-0.2, -0.15) is 0 Å². The fourth-order valence-electron chi connectivity index (χ4n) is 0.896. The minimum absolute atomic E-state index is 0.241. The maximum absolute atomic E-state index is 10.7. The van der Waals surface area contributed by atoms with Gasteiger partial charge in [-0.25, -0.2) is 8.42 Å². The summed E-state index contributed by atoms with van der Waals surface area (Å²) in [5, 5.41) is 0. The average molecular weight is 275 g/mol. The Morgan fingerprint density at radius 1 is 1.22 bits per heavy atom. The minimum Gasteiger partial charge on any atom is -0.744 e. The number of para-hydroxylation sites is 1. The summed E-state index contributed by atoms with van der Waals surface area (Å²) in [6.07, 6.45) is 0. The molecule has 0 saturated heterocycles. The first-order valence-electron chi connectivity index (χ1n) is 5.14. The van der Waals surface area contributed by atoms with Gasteiger partial charge in [0.1, 0.15) is 15.9 Å². The van der Waals surface area contributed by atoms with Crippen LogP contribution in [0.1, 0.15) is 6.92 Å². The van der Waals surface area contributed by atoms with Crippen molar-refractivity contribution in [3.63, 3.8) is 0 Å². The summed E-state index contributed by atoms with van der Waals surface area (Å²) in [5.74, 6) is -0.920. The Balaban J connectivity index is 0.000000631. The first-order chi connectivity index (χ1) is 8.14. The molecule has 0 fully saturated rings. The highest BCUT2D eigenvalue weighted by Crippen LogP contribution is 2.22. The molecule has 0 aliphatic carbocycles. The van der Waals surface area contributed by atoms with E-state index in [1.54, 1.807) is 0 Å². The van der Waals surface area contributed by atoms with Crippen LogP contribution in [0.3, 0.4) is 0 Å². The van der Waals surface area contributed by atoms with E-state index in [0.29, 0.717) is 0 Å². The van der Waals surface area contributed by atoms with E-state index >= 15 is 0 Å². The number of ether oxygens (including phenoxy) is 1. The zero-order valence-electron chi connectivity index (χ0n) is 10.8. The lowest BCUT2D eigenvalue weighted by molar-refractivity contribution is -0.836. The van der Waals surface area contributed by atoms with E-state index in [4.69, 9.17) is 0 Å². The highest BCUT2D eigenvalue weighted by Gasteiger charge is 2.10. The molecule has 0 spiro atoms. The zero-order chi connectivity index (χ0) is 14.3. The average Bonchev–Trinajstić information content (AvgIpc) is 2.14. The highest BCUT2D eigenvalue weighted by molar-refractivity contribution is 7.85. The van der Waals surface area contributed by atoms with E-state index in [1.165, 1.54) is 23.1 Å². The zero-order valence-corrected chi connectivity index (χ0v) is 11.6. The van der Waals surface area contributed by atoms with Crippen LogP contribution in [-0.4, -0.2) is 40.1 Å². The molecular formula is C11H17NO5S. The molecule has 1 rings (SSSR count). The van der Waals surface area contributed by atoms with Crippen LogP contribution in [0.5, 0.6) is 5.75 Å². The number of benzene rings is 1. The molecule has 1 aromatic carbocycles. The van der Waals surface area contributed by atoms with Crippen LogP contribution in [0.15, 0.2) is 29.2 Å². The molecule has 1 aromatic rings. The fraction of sp³-hybridized carbons (Fsp3) is 0.364. The van der Waals surface area contributed by atoms with Gasteiger partial charge >= 0.3 is 5.97 Å². The second-order valence-corrected chi connectivity index (χ2v) is 5.34. The third kappa shape index (κ3) is 7.00. The molecule has 0 saturated carbocycles. The largest absolute Gasteiger partial charge is 0.744 e. The van der Waals surface area contributed by atoms with E-state index < -0.39 is 21.0 Å². The number of hydrogen-bond donors (Lipinski definition) is 1. The third-order valence-electron chi connectivity index (χ3n) is 1.37. The monoisotopic (exact) mass is 275 g/mol. The van der Waals surface area contributed by atoms with Crippen molar-refractivity contribution in [2.45, 2.75) is 11.8 Å². The lowest BCUT2D eigenvalue weighted by atomic mass is 10.3. The van der Waals surface area contributed by atoms with Gasteiger partial charge in [-0.3, -0.25) is 4.79 Å². The summed E-state index contributed by atoms with van der Waals surface area (Å²) in [5.41, 5.74) is 0. The predicted octanol–water partition coefficient (Wildman–Crippen LogP) is -0.723. The molecule has 0 amide bonds. The van der Waals surface area contributed by atoms with Crippen molar-refractivity contribution in [1.82, 2.24) is 0 Å². The molecule has 0 aromatic heterocycles. The number of carbonyl (C=O) groups is 1. The van der Waals surface area contributed by atoms with Gasteiger partial charge < -0.3 is 14.2 Å². The van der Waals surface area contributed by atoms with Crippen LogP contribution < -0.4 is 9.64 Å². The van der Waals surface area contributed by atoms with Crippen LogP contribution >= 0.6 is 0 Å². The number of esters is 1. The first-order valence-corrected chi connectivity index (χ1v) is 6.55. The lowest BCUT2D eigenvalue weighted by Gasteiger charge is -2.11. The third-order valence-corrected chi connectivity index (χ3v) is 2.25. The standard InChI is InChI=1S/C8H8O5S.C3H9N/c1-6(9)13-7-4-2-3-5-8(7)14(10,11)12;1-4(2)3/h2-5H,1H3,(H,10,11,12);1-3H3. The molecule has 0 aliphatic heterocycles. The Labute approximate surface area is 107 Å². The maximum Gasteiger partial charge on any atom is 0.308 e. The molecule has 7 heteroatoms. The summed E-state index contributed by atoms with van der Waals surface area (Å²) in [4.78, 5) is 11.5. The van der Waals surface area contributed by atoms with Crippen molar-refractivity contribution in [2.24, 2.45) is 0 Å². The summed E-state index contributed by atoms with van der Waals surface area (Å²) >= 11 is 0. The molecule has 6 nitrogen and oxygen atoms in total. The smallest absolute Gasteiger partial charge is 0.308 e. The predicted molar refractivity (Wildman–Crippen MR) is 64.4 cm³/mol. The van der Waals surface area contributed by atoms with E-state index in [1.807, 2.05) is 0 Å². The van der Waals surface area contributed by atoms with Gasteiger partial charge in [-0.15, -0.1) is 0 Å². The fourth-order valence-corrected chi connectivity index (χ4v) is 1.50. The topological polar surface area (TPSA) is 87.9 Å². The van der Waals surface area contributed by atoms with Gasteiger partial charge in [0.2, 0.25) is 0 Å². The Hall–Kier alpha value is -1.44. The Morgan fingerprint density at radius 2 is 1.67 bits per heavy atom. The quantitative estimate of drug-likeness (QED) is 0.437. The number of quaternary nitrogens is 1. The van der Waals surface area contributed by atoms with Crippen LogP contribution in [0.2, 0.25) is 0 Å². The maximum atomic E-state index is 10.7. The summed E-state index contributed by atoms with van der Waals surface area (Å²) in [6, 6.07) is 5.16. The molecule has 1 N–H and O–H groups in total. The van der Waals surface area contributed by atoms with Crippen LogP contribution in [0.4, 0.5) is 0 Å². The minimum atomic E-state index is -4.61. The van der Waals surface area contributed by atoms with Crippen LogP contribution in [0, 0.1) is 0 Å². The Bertz CT molecular complexity index is 493. The van der Waals surface area contributed by atoms with Crippen molar-refractivity contribution in [1.29, 1.82) is 0 Å². The molecule has 0 atom stereocenters. The second-order valence-electron chi connectivity index (χ2n) is 3.99. The van der Waals surface area contributed by atoms with Gasteiger partial charge in [0.25, 0.3) is 0 Å². The summed E-state index contributed by atoms with van der Waals surface area (Å²) < 4.78 is 36.6. The Morgan fingerprint density at radius 3 is 2.06 bits per heavy atom. The SMILES string of the molecule is CC(=O)Oc1ccccc1S(=O)(=O)[O-].C[NH+](C)C. The molecule has 0 bridgehead atoms. The van der Waals surface area contributed by atoms with E-state index in [2.05, 4.69) is 25.9 Å². The molecule has 0 unspecified atom stereocenters. The summed E-state index contributed by atoms with van der Waals surface area (Å²) in [6.45, 7) is 1.12. The van der Waals surface area contributed by atoms with E-state index in [0.717, 1.165) is 13.0 Å². The normalized spacial score (nSPS) is 10.6. The van der Waals surface area contributed by atoms with Gasteiger partial charge in [-0.05, 0) is 12.1 Å². The second kappa shape index (κ2) is 7.10. The molecule has 102 valence electrons. The highest BCUT2D eigenvalue weighted by atomic mass is 32.2. The lowest BCUT2D eigenvalue weighted by Crippen LogP contribution is -3.02. The van der Waals surface area contributed by atoms with Gasteiger partial charge in [0, 0.05) is 6.92 Å². The summed E-state index contributed by atoms with van der Waals surface area (Å²) in [7, 11) is 1.64. The van der Waals surface area contributed by atoms with Crippen molar-refractivity contribution in [3.05, 3.63) is 24.3 Å². The van der Waals surface area contributed by atoms with Crippen LogP contribution in [-0.2, 0) is 14.9 Å². The van der Waals surface area contributed by atoms with Gasteiger partial charge in [0.15, 0.2) is 0 Å². The van der Waals surface area contributed by atoms with E-state index in [9.17, 15) is 17.8 Å². The van der Waals surface area contributed by atoms with Crippen molar-refractivity contribution in [3.8, 4) is 5.75 Å². The number of rotatable bonds is 2. The van der Waals surface area contributed by atoms with Crippen LogP contribution in [0.25, 0.3) is 0 Å². The van der Waals surface area contributed by atoms with Crippen molar-refractivity contribution in [2.75, 3.05) is 21.1 Å². The molecular weight excluding hydrogens is 258 g/mol. The van der Waals surface area contributed by atoms with Crippen molar-refractivity contribution >= 4 is 16.1 Å². The number of hydrogen-bond acceptors (Lipinski definition) is 5. The van der Waals surface area contributed by atoms with E-state index in [-0.39, 0.29) is 5.75 Å². The molecule has 0 heterocycles. The first kappa shape index (κ1) is 16.6.